The Labute approximate surface area is 53.9 Å². The van der Waals surface area contributed by atoms with Crippen molar-refractivity contribution in [1.82, 2.24) is 5.32 Å². The SMILES string of the molecule is [C-]#[N+]CC(=O)NCC#C. The Kier molecular flexibility index (Phi) is 3.90. The highest BCUT2D eigenvalue weighted by Gasteiger charge is 1.98. The van der Waals surface area contributed by atoms with E-state index in [1.54, 1.807) is 0 Å². The summed E-state index contributed by atoms with van der Waals surface area (Å²) in [5, 5.41) is 2.34. The number of nitrogens with zero attached hydrogens (tertiary/aromatic N) is 1. The van der Waals surface area contributed by atoms with Crippen LogP contribution in [0.1, 0.15) is 0 Å². The third kappa shape index (κ3) is 4.37. The van der Waals surface area contributed by atoms with Gasteiger partial charge in [0, 0.05) is 0 Å². The summed E-state index contributed by atoms with van der Waals surface area (Å²) in [5.74, 6) is 1.91. The van der Waals surface area contributed by atoms with Crippen molar-refractivity contribution in [2.45, 2.75) is 0 Å². The number of nitrogens with one attached hydrogen (secondary N) is 1. The van der Waals surface area contributed by atoms with Gasteiger partial charge in [0.15, 0.2) is 0 Å². The molecule has 0 aliphatic heterocycles. The smallest absolute Gasteiger partial charge is 0.300 e. The number of hydrogen-bond donors (Lipinski definition) is 1. The fraction of sp³-hybridized carbons (Fsp3) is 0.333. The largest absolute Gasteiger partial charge is 0.339 e. The van der Waals surface area contributed by atoms with Crippen LogP contribution in [-0.4, -0.2) is 19.0 Å². The number of carbonyl (C=O) groups is 1. The molecule has 3 heteroatoms. The Bertz CT molecular complexity index is 172. The van der Waals surface area contributed by atoms with E-state index >= 15 is 0 Å². The van der Waals surface area contributed by atoms with Crippen molar-refractivity contribution >= 4 is 5.91 Å². The van der Waals surface area contributed by atoms with E-state index in [0.717, 1.165) is 0 Å². The Hall–Kier alpha value is -1.48. The molecule has 46 valence electrons. The van der Waals surface area contributed by atoms with Gasteiger partial charge in [-0.3, -0.25) is 4.79 Å². The molecule has 0 aliphatic carbocycles. The van der Waals surface area contributed by atoms with Crippen molar-refractivity contribution in [3.8, 4) is 12.3 Å². The van der Waals surface area contributed by atoms with Crippen LogP contribution in [0.3, 0.4) is 0 Å². The van der Waals surface area contributed by atoms with Gasteiger partial charge in [0.2, 0.25) is 0 Å². The highest BCUT2D eigenvalue weighted by Crippen LogP contribution is 1.66. The Morgan fingerprint density at radius 3 is 3.00 bits per heavy atom. The van der Waals surface area contributed by atoms with Gasteiger partial charge in [-0.2, -0.15) is 0 Å². The van der Waals surface area contributed by atoms with Crippen LogP contribution in [0, 0.1) is 18.9 Å². The second-order valence-corrected chi connectivity index (χ2v) is 1.30. The van der Waals surface area contributed by atoms with Crippen LogP contribution in [0.2, 0.25) is 0 Å². The van der Waals surface area contributed by atoms with Crippen molar-refractivity contribution in [2.24, 2.45) is 0 Å². The predicted octanol–water partition coefficient (Wildman–Crippen LogP) is -0.345. The third-order valence-corrected chi connectivity index (χ3v) is 0.610. The van der Waals surface area contributed by atoms with E-state index in [1.807, 2.05) is 0 Å². The minimum atomic E-state index is -0.317. The number of terminal acetylenes is 1. The minimum Gasteiger partial charge on any atom is -0.339 e. The topological polar surface area (TPSA) is 33.5 Å². The molecule has 0 radical (unpaired) electrons. The molecule has 0 atom stereocenters. The van der Waals surface area contributed by atoms with E-state index in [-0.39, 0.29) is 19.0 Å². The van der Waals surface area contributed by atoms with E-state index < -0.39 is 0 Å². The van der Waals surface area contributed by atoms with Crippen molar-refractivity contribution in [3.05, 3.63) is 11.4 Å². The van der Waals surface area contributed by atoms with Gasteiger partial charge in [-0.05, 0) is 0 Å². The molecule has 0 saturated carbocycles. The third-order valence-electron chi connectivity index (χ3n) is 0.610. The van der Waals surface area contributed by atoms with Gasteiger partial charge in [-0.1, -0.05) is 5.92 Å². The molecular weight excluding hydrogens is 116 g/mol. The molecule has 0 heterocycles. The lowest BCUT2D eigenvalue weighted by Gasteiger charge is -1.90. The van der Waals surface area contributed by atoms with Gasteiger partial charge in [0.05, 0.1) is 6.54 Å². The first-order chi connectivity index (χ1) is 4.31. The lowest BCUT2D eigenvalue weighted by Crippen LogP contribution is -2.25. The van der Waals surface area contributed by atoms with Crippen molar-refractivity contribution < 1.29 is 4.79 Å². The van der Waals surface area contributed by atoms with Crippen molar-refractivity contribution in [1.29, 1.82) is 0 Å². The van der Waals surface area contributed by atoms with Crippen LogP contribution in [0.25, 0.3) is 4.85 Å². The summed E-state index contributed by atoms with van der Waals surface area (Å²) in [5.41, 5.74) is 0. The average molecular weight is 122 g/mol. The van der Waals surface area contributed by atoms with Crippen molar-refractivity contribution in [2.75, 3.05) is 13.1 Å². The molecule has 0 aromatic heterocycles. The molecule has 0 unspecified atom stereocenters. The standard InChI is InChI=1S/C6H6N2O/c1-3-4-8-6(9)5-7-2/h1H,4-5H2,(H,8,9). The van der Waals surface area contributed by atoms with Gasteiger partial charge in [0.25, 0.3) is 6.54 Å². The summed E-state index contributed by atoms with van der Waals surface area (Å²) in [6.07, 6.45) is 4.83. The Morgan fingerprint density at radius 2 is 2.56 bits per heavy atom. The molecule has 0 aromatic rings. The number of carbonyl (C=O) groups excluding carboxylic acids is 1. The first-order valence-corrected chi connectivity index (χ1v) is 2.34. The van der Waals surface area contributed by atoms with Crippen LogP contribution in [0.15, 0.2) is 0 Å². The van der Waals surface area contributed by atoms with E-state index in [0.29, 0.717) is 0 Å². The molecule has 0 rings (SSSR count). The number of hydrogen-bond acceptors (Lipinski definition) is 1. The molecule has 9 heavy (non-hydrogen) atoms. The summed E-state index contributed by atoms with van der Waals surface area (Å²) in [4.78, 5) is 13.2. The van der Waals surface area contributed by atoms with Gasteiger partial charge < -0.3 is 10.2 Å². The molecule has 1 N–H and O–H groups in total. The van der Waals surface area contributed by atoms with Crippen LogP contribution >= 0.6 is 0 Å². The molecule has 1 amide bonds. The molecule has 0 saturated heterocycles. The van der Waals surface area contributed by atoms with Gasteiger partial charge >= 0.3 is 5.91 Å². The molecule has 0 aliphatic rings. The fourth-order valence-electron chi connectivity index (χ4n) is 0.277. The monoisotopic (exact) mass is 122 g/mol. The summed E-state index contributed by atoms with van der Waals surface area (Å²) in [6.45, 7) is 6.35. The Morgan fingerprint density at radius 1 is 1.89 bits per heavy atom. The summed E-state index contributed by atoms with van der Waals surface area (Å²) >= 11 is 0. The normalized spacial score (nSPS) is 6.89. The Balaban J connectivity index is 3.33. The second kappa shape index (κ2) is 4.67. The molecule has 0 aromatic carbocycles. The zero-order chi connectivity index (χ0) is 7.11. The van der Waals surface area contributed by atoms with Crippen LogP contribution in [-0.2, 0) is 4.79 Å². The highest BCUT2D eigenvalue weighted by molar-refractivity contribution is 5.79. The summed E-state index contributed by atoms with van der Waals surface area (Å²) < 4.78 is 0. The molecule has 3 nitrogen and oxygen atoms in total. The lowest BCUT2D eigenvalue weighted by atomic mass is 10.5. The maximum absolute atomic E-state index is 10.4. The minimum absolute atomic E-state index is 0.137. The first kappa shape index (κ1) is 7.52. The summed E-state index contributed by atoms with van der Waals surface area (Å²) in [6, 6.07) is 0. The number of amides is 1. The van der Waals surface area contributed by atoms with E-state index in [2.05, 4.69) is 16.1 Å². The fourth-order valence-corrected chi connectivity index (χ4v) is 0.277. The predicted molar refractivity (Wildman–Crippen MR) is 33.3 cm³/mol. The zero-order valence-corrected chi connectivity index (χ0v) is 4.85. The molecule has 0 spiro atoms. The lowest BCUT2D eigenvalue weighted by molar-refractivity contribution is -0.118. The molecular formula is C6H6N2O. The average Bonchev–Trinajstić information content (AvgIpc) is 1.85. The van der Waals surface area contributed by atoms with Gasteiger partial charge in [-0.25, -0.2) is 6.57 Å². The van der Waals surface area contributed by atoms with E-state index in [9.17, 15) is 4.79 Å². The maximum Gasteiger partial charge on any atom is 0.300 e. The van der Waals surface area contributed by atoms with Crippen LogP contribution in [0.5, 0.6) is 0 Å². The van der Waals surface area contributed by atoms with Crippen LogP contribution < -0.4 is 5.32 Å². The summed E-state index contributed by atoms with van der Waals surface area (Å²) in [7, 11) is 0. The van der Waals surface area contributed by atoms with Crippen molar-refractivity contribution in [3.63, 3.8) is 0 Å². The highest BCUT2D eigenvalue weighted by atomic mass is 16.1. The van der Waals surface area contributed by atoms with Gasteiger partial charge in [-0.15, -0.1) is 6.42 Å². The number of rotatable bonds is 2. The maximum atomic E-state index is 10.4. The quantitative estimate of drug-likeness (QED) is 0.394. The van der Waals surface area contributed by atoms with Gasteiger partial charge in [0.1, 0.15) is 0 Å². The first-order valence-electron chi connectivity index (χ1n) is 2.34. The van der Waals surface area contributed by atoms with E-state index in [4.69, 9.17) is 13.0 Å². The zero-order valence-electron chi connectivity index (χ0n) is 4.85. The molecule has 0 fully saturated rings. The van der Waals surface area contributed by atoms with Crippen LogP contribution in [0.4, 0.5) is 0 Å². The van der Waals surface area contributed by atoms with E-state index in [1.165, 1.54) is 0 Å². The molecule has 0 bridgehead atoms. The second-order valence-electron chi connectivity index (χ2n) is 1.30.